The molecule has 240 valence electrons. The number of rotatable bonds is 5. The van der Waals surface area contributed by atoms with E-state index in [1.54, 1.807) is 0 Å². The zero-order valence-corrected chi connectivity index (χ0v) is 27.5. The number of aromatic nitrogens is 5. The lowest BCUT2D eigenvalue weighted by molar-refractivity contribution is 0.443. The van der Waals surface area contributed by atoms with Gasteiger partial charge in [-0.1, -0.05) is 86.0 Å². The van der Waals surface area contributed by atoms with Crippen molar-refractivity contribution in [1.82, 2.24) is 24.5 Å². The lowest BCUT2D eigenvalue weighted by atomic mass is 9.83. The Hall–Kier alpha value is -6.14. The first-order valence-electron chi connectivity index (χ1n) is 17.5. The summed E-state index contributed by atoms with van der Waals surface area (Å²) in [7, 11) is 0. The number of nitrogens with zero attached hydrogens (tertiary/aromatic N) is 5. The quantitative estimate of drug-likeness (QED) is 0.186. The van der Waals surface area contributed by atoms with Gasteiger partial charge < -0.3 is 4.42 Å². The molecule has 0 atom stereocenters. The van der Waals surface area contributed by atoms with Gasteiger partial charge in [0.05, 0.1) is 11.2 Å². The molecule has 0 amide bonds. The van der Waals surface area contributed by atoms with Crippen LogP contribution < -0.4 is 0 Å². The first-order valence-corrected chi connectivity index (χ1v) is 17.5. The Morgan fingerprint density at radius 1 is 0.520 bits per heavy atom. The Kier molecular flexibility index (Phi) is 6.79. The highest BCUT2D eigenvalue weighted by Crippen LogP contribution is 2.37. The molecule has 5 aromatic carbocycles. The van der Waals surface area contributed by atoms with Gasteiger partial charge in [-0.15, -0.1) is 0 Å². The summed E-state index contributed by atoms with van der Waals surface area (Å²) in [5, 5.41) is 4.37. The summed E-state index contributed by atoms with van der Waals surface area (Å²) in [6, 6.07) is 44.2. The SMILES string of the molecule is c1ccc(-c2nc(-c3cccc(C4CCCCC4)c3)nc(-c3ccc4oc5cc(-n6c7ccccc7c7cccnc76)ccc5c4c3)n2)cc1. The van der Waals surface area contributed by atoms with E-state index in [9.17, 15) is 0 Å². The molecular weight excluding hydrogens is 615 g/mol. The zero-order chi connectivity index (χ0) is 33.0. The fraction of sp³-hybridized carbons (Fsp3) is 0.136. The molecule has 9 aromatic rings. The molecule has 0 aliphatic heterocycles. The van der Waals surface area contributed by atoms with Crippen LogP contribution >= 0.6 is 0 Å². The maximum Gasteiger partial charge on any atom is 0.164 e. The molecule has 0 unspecified atom stereocenters. The summed E-state index contributed by atoms with van der Waals surface area (Å²) in [4.78, 5) is 19.9. The minimum absolute atomic E-state index is 0.599. The Labute approximate surface area is 289 Å². The van der Waals surface area contributed by atoms with E-state index in [2.05, 4.69) is 102 Å². The number of benzene rings is 5. The predicted molar refractivity (Wildman–Crippen MR) is 201 cm³/mol. The average Bonchev–Trinajstić information content (AvgIpc) is 3.73. The molecular formula is C44H33N5O. The molecule has 1 fully saturated rings. The van der Waals surface area contributed by atoms with E-state index in [1.165, 1.54) is 43.1 Å². The summed E-state index contributed by atoms with van der Waals surface area (Å²) in [6.45, 7) is 0. The van der Waals surface area contributed by atoms with Gasteiger partial charge in [0.2, 0.25) is 0 Å². The van der Waals surface area contributed by atoms with E-state index >= 15 is 0 Å². The summed E-state index contributed by atoms with van der Waals surface area (Å²) in [6.07, 6.45) is 8.28. The van der Waals surface area contributed by atoms with E-state index in [1.807, 2.05) is 36.5 Å². The number of hydrogen-bond acceptors (Lipinski definition) is 5. The van der Waals surface area contributed by atoms with Gasteiger partial charge in [-0.3, -0.25) is 4.57 Å². The minimum Gasteiger partial charge on any atom is -0.456 e. The van der Waals surface area contributed by atoms with Crippen molar-refractivity contribution in [2.45, 2.75) is 38.0 Å². The molecule has 0 bridgehead atoms. The van der Waals surface area contributed by atoms with Gasteiger partial charge in [0.25, 0.3) is 0 Å². The molecule has 0 saturated heterocycles. The average molecular weight is 648 g/mol. The van der Waals surface area contributed by atoms with Gasteiger partial charge in [-0.25, -0.2) is 19.9 Å². The van der Waals surface area contributed by atoms with Crippen molar-refractivity contribution in [3.8, 4) is 39.9 Å². The van der Waals surface area contributed by atoms with Crippen LogP contribution in [0.25, 0.3) is 83.7 Å². The topological polar surface area (TPSA) is 69.6 Å². The fourth-order valence-electron chi connectivity index (χ4n) is 7.82. The number of hydrogen-bond donors (Lipinski definition) is 0. The Balaban J connectivity index is 1.09. The Bertz CT molecular complexity index is 2650. The Morgan fingerprint density at radius 3 is 2.12 bits per heavy atom. The number of fused-ring (bicyclic) bond motifs is 6. The number of pyridine rings is 1. The standard InChI is InChI=1S/C44H33N5O/c1-3-11-28(12-4-1)30-15-9-16-31(25-30)42-46-41(29-13-5-2-6-14-29)47-43(48-42)32-20-23-39-37(26-32)35-22-21-33(27-40(35)50-39)49-38-19-8-7-17-34(38)36-18-10-24-45-44(36)49/h2,5-10,13-28H,1,3-4,11-12H2. The first-order chi connectivity index (χ1) is 24.8. The minimum atomic E-state index is 0.599. The normalized spacial score (nSPS) is 13.9. The monoisotopic (exact) mass is 647 g/mol. The molecule has 1 saturated carbocycles. The van der Waals surface area contributed by atoms with E-state index in [0.29, 0.717) is 23.4 Å². The summed E-state index contributed by atoms with van der Waals surface area (Å²) < 4.78 is 8.69. The highest BCUT2D eigenvalue weighted by Gasteiger charge is 2.19. The fourth-order valence-corrected chi connectivity index (χ4v) is 7.82. The zero-order valence-electron chi connectivity index (χ0n) is 27.5. The van der Waals surface area contributed by atoms with Crippen LogP contribution in [0.1, 0.15) is 43.6 Å². The summed E-state index contributed by atoms with van der Waals surface area (Å²) in [5.74, 6) is 2.59. The smallest absolute Gasteiger partial charge is 0.164 e. The third-order valence-electron chi connectivity index (χ3n) is 10.3. The van der Waals surface area contributed by atoms with Gasteiger partial charge in [0.15, 0.2) is 17.5 Å². The third-order valence-corrected chi connectivity index (χ3v) is 10.3. The van der Waals surface area contributed by atoms with Crippen molar-refractivity contribution in [2.75, 3.05) is 0 Å². The largest absolute Gasteiger partial charge is 0.456 e. The van der Waals surface area contributed by atoms with Gasteiger partial charge in [0.1, 0.15) is 16.8 Å². The van der Waals surface area contributed by atoms with E-state index in [-0.39, 0.29) is 0 Å². The van der Waals surface area contributed by atoms with Gasteiger partial charge in [-0.2, -0.15) is 0 Å². The van der Waals surface area contributed by atoms with Crippen LogP contribution in [0.4, 0.5) is 0 Å². The van der Waals surface area contributed by atoms with Crippen LogP contribution in [0, 0.1) is 0 Å². The maximum absolute atomic E-state index is 6.48. The van der Waals surface area contributed by atoms with Crippen molar-refractivity contribution in [2.24, 2.45) is 0 Å². The van der Waals surface area contributed by atoms with E-state index < -0.39 is 0 Å². The highest BCUT2D eigenvalue weighted by atomic mass is 16.3. The van der Waals surface area contributed by atoms with E-state index in [0.717, 1.165) is 60.9 Å². The van der Waals surface area contributed by atoms with Crippen LogP contribution in [0.2, 0.25) is 0 Å². The van der Waals surface area contributed by atoms with Gasteiger partial charge in [-0.05, 0) is 78.9 Å². The molecule has 1 aliphatic carbocycles. The van der Waals surface area contributed by atoms with Gasteiger partial charge in [0, 0.05) is 50.5 Å². The summed E-state index contributed by atoms with van der Waals surface area (Å²) in [5.41, 5.74) is 8.97. The molecule has 10 rings (SSSR count). The van der Waals surface area contributed by atoms with Crippen molar-refractivity contribution in [1.29, 1.82) is 0 Å². The third kappa shape index (κ3) is 4.86. The molecule has 6 heteroatoms. The maximum atomic E-state index is 6.48. The molecule has 0 N–H and O–H groups in total. The second-order valence-corrected chi connectivity index (χ2v) is 13.4. The van der Waals surface area contributed by atoms with Crippen molar-refractivity contribution in [3.05, 3.63) is 139 Å². The van der Waals surface area contributed by atoms with Gasteiger partial charge >= 0.3 is 0 Å². The van der Waals surface area contributed by atoms with E-state index in [4.69, 9.17) is 24.4 Å². The predicted octanol–water partition coefficient (Wildman–Crippen LogP) is 11.3. The molecule has 1 aliphatic rings. The number of para-hydroxylation sites is 1. The highest BCUT2D eigenvalue weighted by molar-refractivity contribution is 6.09. The Morgan fingerprint density at radius 2 is 1.26 bits per heavy atom. The second kappa shape index (κ2) is 11.8. The summed E-state index contributed by atoms with van der Waals surface area (Å²) >= 11 is 0. The van der Waals surface area contributed by atoms with Crippen LogP contribution in [-0.2, 0) is 0 Å². The molecule has 50 heavy (non-hydrogen) atoms. The van der Waals surface area contributed by atoms with Crippen LogP contribution in [0.5, 0.6) is 0 Å². The molecule has 0 spiro atoms. The van der Waals surface area contributed by atoms with Crippen LogP contribution in [-0.4, -0.2) is 24.5 Å². The second-order valence-electron chi connectivity index (χ2n) is 13.4. The molecule has 6 nitrogen and oxygen atoms in total. The lowest BCUT2D eigenvalue weighted by Gasteiger charge is -2.22. The number of furan rings is 1. The molecule has 0 radical (unpaired) electrons. The van der Waals surface area contributed by atoms with Crippen molar-refractivity contribution < 1.29 is 4.42 Å². The van der Waals surface area contributed by atoms with Crippen LogP contribution in [0.3, 0.4) is 0 Å². The lowest BCUT2D eigenvalue weighted by Crippen LogP contribution is -2.05. The molecule has 4 aromatic heterocycles. The van der Waals surface area contributed by atoms with Crippen molar-refractivity contribution >= 4 is 43.9 Å². The van der Waals surface area contributed by atoms with Crippen molar-refractivity contribution in [3.63, 3.8) is 0 Å². The van der Waals surface area contributed by atoms with Crippen LogP contribution in [0.15, 0.2) is 138 Å². The molecule has 4 heterocycles. The first kappa shape index (κ1) is 28.8.